The Morgan fingerprint density at radius 2 is 0.929 bits per heavy atom. The second kappa shape index (κ2) is 26.9. The standard InChI is InChI=1S/2C18H25NO7S.Mg.O.2H/c2*1-18(17(21)22)12-27-16(19-18)14-4-3-13(11-15(14)20)26-10-9-25-8-7-24-6-5-23-2;;;;/h2*3-4,11,20H,5-10,12H2,1-2H3,(H,21,22);;;;/t18-;;;;;/m1...../s1. The van der Waals surface area contributed by atoms with Crippen LogP contribution in [0.25, 0.3) is 0 Å². The van der Waals surface area contributed by atoms with Crippen molar-refractivity contribution < 1.29 is 73.4 Å². The Labute approximate surface area is 350 Å². The number of ether oxygens (including phenoxy) is 8. The molecule has 20 heteroatoms. The van der Waals surface area contributed by atoms with E-state index >= 15 is 0 Å². The smallest absolute Gasteiger partial charge is 0.332 e. The molecule has 4 rings (SSSR count). The number of aliphatic carboxylic acids is 2. The molecule has 0 amide bonds. The van der Waals surface area contributed by atoms with Gasteiger partial charge in [-0.2, -0.15) is 0 Å². The second-order valence-electron chi connectivity index (χ2n) is 12.1. The molecule has 2 atom stereocenters. The lowest BCUT2D eigenvalue weighted by atomic mass is 10.1. The van der Waals surface area contributed by atoms with Crippen molar-refractivity contribution in [1.29, 1.82) is 0 Å². The number of thioether (sulfide) groups is 2. The summed E-state index contributed by atoms with van der Waals surface area (Å²) in [5.41, 5.74) is -1.32. The Morgan fingerprint density at radius 1 is 0.607 bits per heavy atom. The summed E-state index contributed by atoms with van der Waals surface area (Å²) in [5.74, 6) is -0.283. The summed E-state index contributed by atoms with van der Waals surface area (Å²) in [5, 5.41) is 39.9. The van der Waals surface area contributed by atoms with Crippen LogP contribution in [0.15, 0.2) is 46.4 Å². The molecule has 2 heterocycles. The summed E-state index contributed by atoms with van der Waals surface area (Å²) in [6.45, 7) is 8.72. The summed E-state index contributed by atoms with van der Waals surface area (Å²) in [7, 11) is 3.24. The van der Waals surface area contributed by atoms with Gasteiger partial charge in [0.2, 0.25) is 0 Å². The first-order valence-electron chi connectivity index (χ1n) is 17.1. The highest BCUT2D eigenvalue weighted by molar-refractivity contribution is 8.15. The van der Waals surface area contributed by atoms with E-state index in [0.717, 1.165) is 0 Å². The average Bonchev–Trinajstić information content (AvgIpc) is 3.75. The normalized spacial score (nSPS) is 18.4. The number of phenolic OH excluding ortho intramolecular Hbond substituents is 2. The highest BCUT2D eigenvalue weighted by Gasteiger charge is 2.40. The zero-order chi connectivity index (χ0) is 39.4. The van der Waals surface area contributed by atoms with Gasteiger partial charge in [0.25, 0.3) is 0 Å². The van der Waals surface area contributed by atoms with Crippen molar-refractivity contribution in [3.8, 4) is 23.0 Å². The van der Waals surface area contributed by atoms with Gasteiger partial charge in [0.15, 0.2) is 11.1 Å². The monoisotopic (exact) mass is 840 g/mol. The van der Waals surface area contributed by atoms with E-state index in [1.807, 2.05) is 0 Å². The Kier molecular flexibility index (Phi) is 24.6. The molecule has 17 nitrogen and oxygen atoms in total. The summed E-state index contributed by atoms with van der Waals surface area (Å²) in [6.07, 6.45) is 0. The van der Waals surface area contributed by atoms with Crippen molar-refractivity contribution in [3.05, 3.63) is 47.5 Å². The Bertz CT molecular complexity index is 1460. The van der Waals surface area contributed by atoms with Crippen LogP contribution >= 0.6 is 23.5 Å². The van der Waals surface area contributed by atoms with Gasteiger partial charge in [-0.25, -0.2) is 9.59 Å². The van der Waals surface area contributed by atoms with Gasteiger partial charge < -0.3 is 58.3 Å². The molecule has 1 unspecified atom stereocenters. The van der Waals surface area contributed by atoms with Crippen LogP contribution in [0.3, 0.4) is 0 Å². The minimum Gasteiger partial charge on any atom is -0.507 e. The summed E-state index contributed by atoms with van der Waals surface area (Å²) in [6, 6.07) is 9.75. The number of benzene rings is 2. The third-order valence-electron chi connectivity index (χ3n) is 7.60. The molecule has 0 saturated heterocycles. The van der Waals surface area contributed by atoms with Gasteiger partial charge in [0, 0.05) is 54.5 Å². The summed E-state index contributed by atoms with van der Waals surface area (Å²) >= 11 is 2.63. The van der Waals surface area contributed by atoms with Crippen molar-refractivity contribution in [3.63, 3.8) is 0 Å². The fourth-order valence-corrected chi connectivity index (χ4v) is 6.82. The fraction of sp³-hybridized carbons (Fsp3) is 0.556. The molecule has 56 heavy (non-hydrogen) atoms. The topological polar surface area (TPSA) is 242 Å². The van der Waals surface area contributed by atoms with Crippen LogP contribution in [0.1, 0.15) is 25.0 Å². The predicted octanol–water partition coefficient (Wildman–Crippen LogP) is 2.54. The number of nitrogens with zero attached hydrogens (tertiary/aromatic N) is 2. The Morgan fingerprint density at radius 3 is 1.21 bits per heavy atom. The molecule has 2 radical (unpaired) electrons. The SMILES string of the molecule is COCCOCCOCCOc1ccc(C2=NC(C)(C(=O)O)CS2)c(O)c1.COCCOCCOCCOc1ccc(C2=N[C@@](C)(C(=O)O)CS2)c(O)c1.[MgH2].[O]. The predicted molar refractivity (Wildman–Crippen MR) is 214 cm³/mol. The highest BCUT2D eigenvalue weighted by atomic mass is 32.2. The maximum absolute atomic E-state index is 11.3. The number of carboxylic acid groups (broad SMARTS) is 2. The third kappa shape index (κ3) is 16.9. The summed E-state index contributed by atoms with van der Waals surface area (Å²) in [4.78, 5) is 31.0. The number of aromatic hydroxyl groups is 2. The van der Waals surface area contributed by atoms with Crippen LogP contribution in [-0.4, -0.2) is 182 Å². The highest BCUT2D eigenvalue weighted by Crippen LogP contribution is 2.36. The van der Waals surface area contributed by atoms with E-state index in [1.54, 1.807) is 52.3 Å². The van der Waals surface area contributed by atoms with Crippen molar-refractivity contribution in [1.82, 2.24) is 0 Å². The van der Waals surface area contributed by atoms with Crippen LogP contribution in [0, 0.1) is 0 Å². The van der Waals surface area contributed by atoms with E-state index in [1.165, 1.54) is 35.7 Å². The molecule has 310 valence electrons. The summed E-state index contributed by atoms with van der Waals surface area (Å²) < 4.78 is 42.1. The molecule has 4 N–H and O–H groups in total. The maximum atomic E-state index is 11.3. The largest absolute Gasteiger partial charge is 0.507 e. The molecule has 2 aromatic carbocycles. The minimum atomic E-state index is -1.16. The van der Waals surface area contributed by atoms with Gasteiger partial charge >= 0.3 is 35.0 Å². The van der Waals surface area contributed by atoms with E-state index in [-0.39, 0.29) is 40.0 Å². The number of carbonyl (C=O) groups is 2. The zero-order valence-corrected chi connectivity index (χ0v) is 33.0. The van der Waals surface area contributed by atoms with Crippen molar-refractivity contribution in [2.24, 2.45) is 9.98 Å². The molecule has 0 fully saturated rings. The van der Waals surface area contributed by atoms with Gasteiger partial charge in [0.1, 0.15) is 46.3 Å². The number of rotatable bonds is 24. The number of methoxy groups -OCH3 is 2. The van der Waals surface area contributed by atoms with Crippen molar-refractivity contribution >= 4 is 68.6 Å². The average molecular weight is 841 g/mol. The van der Waals surface area contributed by atoms with E-state index in [9.17, 15) is 30.0 Å². The lowest BCUT2D eigenvalue weighted by Crippen LogP contribution is -2.33. The van der Waals surface area contributed by atoms with Gasteiger partial charge in [-0.1, -0.05) is 0 Å². The molecular formula is C36H52MgN2O15S2. The van der Waals surface area contributed by atoms with E-state index < -0.39 is 23.0 Å². The van der Waals surface area contributed by atoms with Gasteiger partial charge in [0.05, 0.1) is 66.1 Å². The van der Waals surface area contributed by atoms with E-state index in [0.29, 0.717) is 124 Å². The zero-order valence-electron chi connectivity index (χ0n) is 31.4. The van der Waals surface area contributed by atoms with Crippen LogP contribution in [0.2, 0.25) is 0 Å². The molecule has 0 spiro atoms. The second-order valence-corrected chi connectivity index (χ2v) is 14.0. The van der Waals surface area contributed by atoms with Crippen LogP contribution in [0.5, 0.6) is 23.0 Å². The molecule has 0 aromatic heterocycles. The quantitative estimate of drug-likeness (QED) is 0.0877. The van der Waals surface area contributed by atoms with Crippen LogP contribution in [-0.2, 0) is 43.5 Å². The molecule has 0 saturated carbocycles. The number of hydrogen-bond donors (Lipinski definition) is 4. The lowest BCUT2D eigenvalue weighted by molar-refractivity contribution is -0.142. The van der Waals surface area contributed by atoms with E-state index in [4.69, 9.17) is 37.9 Å². The molecule has 2 aliphatic rings. The first-order chi connectivity index (χ1) is 25.9. The van der Waals surface area contributed by atoms with Crippen LogP contribution < -0.4 is 9.47 Å². The maximum Gasteiger partial charge on any atom is 0.332 e. The van der Waals surface area contributed by atoms with Gasteiger partial charge in [-0.3, -0.25) is 9.98 Å². The van der Waals surface area contributed by atoms with Crippen molar-refractivity contribution in [2.75, 3.05) is 105 Å². The van der Waals surface area contributed by atoms with E-state index in [2.05, 4.69) is 9.98 Å². The van der Waals surface area contributed by atoms with Crippen LogP contribution in [0.4, 0.5) is 0 Å². The molecule has 2 aromatic rings. The molecular weight excluding hydrogens is 789 g/mol. The number of aliphatic imine (C=N–C) groups is 2. The first kappa shape index (κ1) is 51.1. The Balaban J connectivity index is 0.000000541. The molecule has 0 aliphatic carbocycles. The van der Waals surface area contributed by atoms with Gasteiger partial charge in [-0.15, -0.1) is 23.5 Å². The molecule has 2 aliphatic heterocycles. The van der Waals surface area contributed by atoms with Crippen molar-refractivity contribution in [2.45, 2.75) is 24.9 Å². The third-order valence-corrected chi connectivity index (χ3v) is 10.2. The number of hydrogen-bond acceptors (Lipinski definition) is 16. The number of phenols is 2. The first-order valence-corrected chi connectivity index (χ1v) is 19.0. The molecule has 0 bridgehead atoms. The number of carboxylic acids is 2. The lowest BCUT2D eigenvalue weighted by Gasteiger charge is -2.12. The fourth-order valence-electron chi connectivity index (χ4n) is 4.42. The van der Waals surface area contributed by atoms with Gasteiger partial charge in [-0.05, 0) is 38.1 Å². The minimum absolute atomic E-state index is 0. The Hall–Kier alpha value is -2.89.